The normalized spacial score (nSPS) is 12.9. The molecule has 2 rings (SSSR count). The molecule has 0 aromatic carbocycles. The monoisotopic (exact) mass is 330 g/mol. The van der Waals surface area contributed by atoms with Gasteiger partial charge in [-0.2, -0.15) is 18.3 Å². The van der Waals surface area contributed by atoms with Crippen LogP contribution in [0.3, 0.4) is 0 Å². The molecule has 0 atom stereocenters. The Kier molecular flexibility index (Phi) is 3.40. The molecule has 0 bridgehead atoms. The molecule has 0 aliphatic heterocycles. The maximum Gasteiger partial charge on any atom is 0.435 e. The first-order valence-corrected chi connectivity index (χ1v) is 7.87. The van der Waals surface area contributed by atoms with Crippen molar-refractivity contribution in [2.75, 3.05) is 0 Å². The van der Waals surface area contributed by atoms with Crippen LogP contribution in [0.2, 0.25) is 0 Å². The molecule has 2 heterocycles. The lowest BCUT2D eigenvalue weighted by Gasteiger charge is -2.03. The van der Waals surface area contributed by atoms with Crippen molar-refractivity contribution in [2.24, 2.45) is 7.05 Å². The lowest BCUT2D eigenvalue weighted by atomic mass is 10.2. The van der Waals surface area contributed by atoms with Gasteiger partial charge in [0.25, 0.3) is 9.05 Å². The average molecular weight is 331 g/mol. The second-order valence-corrected chi connectivity index (χ2v) is 7.50. The number of hydrogen-bond acceptors (Lipinski definition) is 4. The molecule has 0 spiro atoms. The molecule has 4 nitrogen and oxygen atoms in total. The zero-order valence-electron chi connectivity index (χ0n) is 9.27. The lowest BCUT2D eigenvalue weighted by Crippen LogP contribution is -2.07. The van der Waals surface area contributed by atoms with Gasteiger partial charge in [-0.3, -0.25) is 4.68 Å². The summed E-state index contributed by atoms with van der Waals surface area (Å²) >= 11 is 0.663. The molecule has 104 valence electrons. The average Bonchev–Trinajstić information content (AvgIpc) is 2.79. The Bertz CT molecular complexity index is 718. The standard InChI is InChI=1S/C9H6ClF3N2O2S2/c1-15-4-5(8(14-15)9(11,12)13)6-2-3-7(18-6)19(10,16)17/h2-4H,1H3. The minimum atomic E-state index is -4.61. The number of halogens is 4. The van der Waals surface area contributed by atoms with E-state index in [1.54, 1.807) is 0 Å². The van der Waals surface area contributed by atoms with E-state index in [2.05, 4.69) is 5.10 Å². The van der Waals surface area contributed by atoms with Crippen molar-refractivity contribution in [3.8, 4) is 10.4 Å². The van der Waals surface area contributed by atoms with Crippen LogP contribution in [0.1, 0.15) is 5.69 Å². The molecule has 0 amide bonds. The number of nitrogens with zero attached hydrogens (tertiary/aromatic N) is 2. The highest BCUT2D eigenvalue weighted by Gasteiger charge is 2.37. The third-order valence-corrected chi connectivity index (χ3v) is 5.40. The minimum absolute atomic E-state index is 0.139. The first-order chi connectivity index (χ1) is 8.59. The minimum Gasteiger partial charge on any atom is -0.275 e. The van der Waals surface area contributed by atoms with Gasteiger partial charge in [0.1, 0.15) is 4.21 Å². The summed E-state index contributed by atoms with van der Waals surface area (Å²) in [6, 6.07) is 2.43. The molecule has 2 aromatic heterocycles. The maximum absolute atomic E-state index is 12.8. The summed E-state index contributed by atoms with van der Waals surface area (Å²) < 4.78 is 61.3. The van der Waals surface area contributed by atoms with Crippen LogP contribution in [0.15, 0.2) is 22.5 Å². The molecular formula is C9H6ClF3N2O2S2. The topological polar surface area (TPSA) is 52.0 Å². The Morgan fingerprint density at radius 3 is 2.47 bits per heavy atom. The number of rotatable bonds is 2. The van der Waals surface area contributed by atoms with E-state index < -0.39 is 20.9 Å². The number of thiophene rings is 1. The third-order valence-electron chi connectivity index (χ3n) is 2.18. The summed E-state index contributed by atoms with van der Waals surface area (Å²) in [6.45, 7) is 0. The van der Waals surface area contributed by atoms with Crippen LogP contribution in [0, 0.1) is 0 Å². The van der Waals surface area contributed by atoms with Crippen LogP contribution in [0.5, 0.6) is 0 Å². The molecule has 0 fully saturated rings. The Labute approximate surface area is 114 Å². The van der Waals surface area contributed by atoms with Crippen LogP contribution in [0.25, 0.3) is 10.4 Å². The first kappa shape index (κ1) is 14.4. The van der Waals surface area contributed by atoms with E-state index in [1.165, 1.54) is 19.3 Å². The fourth-order valence-electron chi connectivity index (χ4n) is 1.47. The van der Waals surface area contributed by atoms with Crippen LogP contribution in [-0.2, 0) is 22.3 Å². The molecule has 0 unspecified atom stereocenters. The van der Waals surface area contributed by atoms with Gasteiger partial charge >= 0.3 is 6.18 Å². The number of hydrogen-bond donors (Lipinski definition) is 0. The van der Waals surface area contributed by atoms with E-state index in [4.69, 9.17) is 10.7 Å². The van der Waals surface area contributed by atoms with Gasteiger partial charge in [0.2, 0.25) is 0 Å². The second kappa shape index (κ2) is 4.50. The highest BCUT2D eigenvalue weighted by atomic mass is 35.7. The molecule has 0 saturated heterocycles. The van der Waals surface area contributed by atoms with Crippen molar-refractivity contribution >= 4 is 31.1 Å². The molecule has 0 radical (unpaired) electrons. The summed E-state index contributed by atoms with van der Waals surface area (Å²) in [6.07, 6.45) is -3.43. The highest BCUT2D eigenvalue weighted by molar-refractivity contribution is 8.15. The van der Waals surface area contributed by atoms with Gasteiger partial charge in [0, 0.05) is 34.4 Å². The summed E-state index contributed by atoms with van der Waals surface area (Å²) in [5.41, 5.74) is -1.23. The van der Waals surface area contributed by atoms with Crippen LogP contribution >= 0.6 is 22.0 Å². The van der Waals surface area contributed by atoms with Gasteiger partial charge in [-0.05, 0) is 12.1 Å². The van der Waals surface area contributed by atoms with Crippen LogP contribution < -0.4 is 0 Å². The largest absolute Gasteiger partial charge is 0.435 e. The maximum atomic E-state index is 12.8. The predicted octanol–water partition coefficient (Wildman–Crippen LogP) is 3.09. The summed E-state index contributed by atoms with van der Waals surface area (Å²) in [7, 11) is 2.54. The van der Waals surface area contributed by atoms with Gasteiger partial charge in [-0.25, -0.2) is 8.42 Å². The van der Waals surface area contributed by atoms with Crippen molar-refractivity contribution < 1.29 is 21.6 Å². The zero-order valence-corrected chi connectivity index (χ0v) is 11.7. The van der Waals surface area contributed by atoms with Gasteiger partial charge in [-0.1, -0.05) is 0 Å². The van der Waals surface area contributed by atoms with Gasteiger partial charge in [0.05, 0.1) is 0 Å². The number of aromatic nitrogens is 2. The first-order valence-electron chi connectivity index (χ1n) is 4.75. The molecule has 0 N–H and O–H groups in total. The van der Waals surface area contributed by atoms with E-state index in [9.17, 15) is 21.6 Å². The van der Waals surface area contributed by atoms with Crippen molar-refractivity contribution in [3.05, 3.63) is 24.0 Å². The van der Waals surface area contributed by atoms with E-state index >= 15 is 0 Å². The fraction of sp³-hybridized carbons (Fsp3) is 0.222. The van der Waals surface area contributed by atoms with E-state index in [1.807, 2.05) is 0 Å². The molecule has 10 heteroatoms. The van der Waals surface area contributed by atoms with Gasteiger partial charge in [0.15, 0.2) is 5.69 Å². The van der Waals surface area contributed by atoms with Gasteiger partial charge in [-0.15, -0.1) is 11.3 Å². The van der Waals surface area contributed by atoms with Crippen molar-refractivity contribution in [3.63, 3.8) is 0 Å². The SMILES string of the molecule is Cn1cc(-c2ccc(S(=O)(=O)Cl)s2)c(C(F)(F)F)n1. The highest BCUT2D eigenvalue weighted by Crippen LogP contribution is 2.39. The number of alkyl halides is 3. The Hall–Kier alpha value is -1.06. The van der Waals surface area contributed by atoms with Gasteiger partial charge < -0.3 is 0 Å². The zero-order chi connectivity index (χ0) is 14.4. The third kappa shape index (κ3) is 2.93. The van der Waals surface area contributed by atoms with Crippen molar-refractivity contribution in [2.45, 2.75) is 10.4 Å². The molecule has 0 aliphatic carbocycles. The van der Waals surface area contributed by atoms with E-state index in [0.717, 1.165) is 10.7 Å². The summed E-state index contributed by atoms with van der Waals surface area (Å²) in [5, 5.41) is 3.35. The predicted molar refractivity (Wildman–Crippen MR) is 64.6 cm³/mol. The Morgan fingerprint density at radius 1 is 1.37 bits per heavy atom. The smallest absolute Gasteiger partial charge is 0.275 e. The Morgan fingerprint density at radius 2 is 2.00 bits per heavy atom. The van der Waals surface area contributed by atoms with Crippen molar-refractivity contribution in [1.82, 2.24) is 9.78 Å². The molecular weight excluding hydrogens is 325 g/mol. The van der Waals surface area contributed by atoms with Crippen LogP contribution in [0.4, 0.5) is 13.2 Å². The molecule has 0 aliphatic rings. The molecule has 2 aromatic rings. The van der Waals surface area contributed by atoms with E-state index in [-0.39, 0.29) is 14.6 Å². The fourth-order valence-corrected chi connectivity index (χ4v) is 3.56. The summed E-state index contributed by atoms with van der Waals surface area (Å²) in [4.78, 5) is 0.139. The van der Waals surface area contributed by atoms with Crippen molar-refractivity contribution in [1.29, 1.82) is 0 Å². The summed E-state index contributed by atoms with van der Waals surface area (Å²) in [5.74, 6) is 0. The second-order valence-electron chi connectivity index (χ2n) is 3.62. The molecule has 0 saturated carbocycles. The Balaban J connectivity index is 2.57. The van der Waals surface area contributed by atoms with Crippen LogP contribution in [-0.4, -0.2) is 18.2 Å². The lowest BCUT2D eigenvalue weighted by molar-refractivity contribution is -0.140. The van der Waals surface area contributed by atoms with E-state index in [0.29, 0.717) is 11.3 Å². The molecule has 19 heavy (non-hydrogen) atoms. The number of aryl methyl sites for hydroxylation is 1. The quantitative estimate of drug-likeness (QED) is 0.795.